The van der Waals surface area contributed by atoms with Gasteiger partial charge in [-0.05, 0) is 24.8 Å². The van der Waals surface area contributed by atoms with Crippen LogP contribution in [-0.4, -0.2) is 29.4 Å². The number of ketones is 1. The smallest absolute Gasteiger partial charge is 0.243 e. The average Bonchev–Trinajstić information content (AvgIpc) is 2.36. The first-order valence-electron chi connectivity index (χ1n) is 6.08. The lowest BCUT2D eigenvalue weighted by molar-refractivity contribution is 0.0952. The highest BCUT2D eigenvalue weighted by Crippen LogP contribution is 2.27. The Labute approximate surface area is 108 Å². The van der Waals surface area contributed by atoms with E-state index in [0.29, 0.717) is 24.5 Å². The van der Waals surface area contributed by atoms with Gasteiger partial charge in [0.1, 0.15) is 0 Å². The van der Waals surface area contributed by atoms with Gasteiger partial charge < -0.3 is 10.5 Å². The minimum atomic E-state index is -0.0370. The van der Waals surface area contributed by atoms with E-state index in [2.05, 4.69) is 23.8 Å². The molecule has 1 heterocycles. The second-order valence-electron chi connectivity index (χ2n) is 5.04. The molecule has 0 saturated carbocycles. The van der Waals surface area contributed by atoms with Crippen molar-refractivity contribution in [3.05, 3.63) is 18.1 Å². The predicted molar refractivity (Wildman–Crippen MR) is 69.6 cm³/mol. The lowest BCUT2D eigenvalue weighted by atomic mass is 9.83. The summed E-state index contributed by atoms with van der Waals surface area (Å²) in [5, 5.41) is 0. The summed E-state index contributed by atoms with van der Waals surface area (Å²) in [4.78, 5) is 20.1. The average molecular weight is 251 g/mol. The normalized spacial score (nSPS) is 11.3. The molecule has 0 atom stereocenters. The lowest BCUT2D eigenvalue weighted by Gasteiger charge is -2.23. The number of rotatable bonds is 7. The van der Waals surface area contributed by atoms with Gasteiger partial charge >= 0.3 is 0 Å². The summed E-state index contributed by atoms with van der Waals surface area (Å²) in [5.41, 5.74) is 5.93. The van der Waals surface area contributed by atoms with Gasteiger partial charge in [0.25, 0.3) is 0 Å². The number of methoxy groups -OCH3 is 1. The van der Waals surface area contributed by atoms with Crippen LogP contribution in [0.15, 0.2) is 12.4 Å². The Morgan fingerprint density at radius 1 is 1.33 bits per heavy atom. The van der Waals surface area contributed by atoms with Gasteiger partial charge in [-0.15, -0.1) is 0 Å². The second kappa shape index (κ2) is 6.44. The molecule has 0 unspecified atom stereocenters. The number of nitrogens with two attached hydrogens (primary N) is 1. The van der Waals surface area contributed by atoms with Crippen LogP contribution in [-0.2, 0) is 0 Å². The Balaban J connectivity index is 2.66. The molecule has 0 fully saturated rings. The lowest BCUT2D eigenvalue weighted by Crippen LogP contribution is -2.19. The highest BCUT2D eigenvalue weighted by molar-refractivity contribution is 5.96. The molecule has 0 spiro atoms. The van der Waals surface area contributed by atoms with Crippen molar-refractivity contribution in [1.82, 2.24) is 9.97 Å². The topological polar surface area (TPSA) is 78.1 Å². The van der Waals surface area contributed by atoms with Crippen LogP contribution < -0.4 is 10.5 Å². The summed E-state index contributed by atoms with van der Waals surface area (Å²) in [6.45, 7) is 4.86. The fourth-order valence-corrected chi connectivity index (χ4v) is 1.75. The highest BCUT2D eigenvalue weighted by atomic mass is 16.5. The predicted octanol–water partition coefficient (Wildman–Crippen LogP) is 1.82. The summed E-state index contributed by atoms with van der Waals surface area (Å²) >= 11 is 0. The number of hydrogen-bond donors (Lipinski definition) is 1. The van der Waals surface area contributed by atoms with Gasteiger partial charge in [-0.2, -0.15) is 0 Å². The molecule has 0 bridgehead atoms. The van der Waals surface area contributed by atoms with E-state index in [9.17, 15) is 4.79 Å². The van der Waals surface area contributed by atoms with Gasteiger partial charge in [0.15, 0.2) is 11.5 Å². The number of carbonyl (C=O) groups excluding carboxylic acids is 1. The van der Waals surface area contributed by atoms with Crippen LogP contribution in [0.2, 0.25) is 0 Å². The molecular weight excluding hydrogens is 230 g/mol. The zero-order valence-electron chi connectivity index (χ0n) is 11.3. The highest BCUT2D eigenvalue weighted by Gasteiger charge is 2.21. The summed E-state index contributed by atoms with van der Waals surface area (Å²) in [6.07, 6.45) is 5.12. The van der Waals surface area contributed by atoms with E-state index in [1.807, 2.05) is 0 Å². The van der Waals surface area contributed by atoms with Gasteiger partial charge in [-0.1, -0.05) is 13.8 Å². The van der Waals surface area contributed by atoms with E-state index < -0.39 is 0 Å². The molecule has 0 amide bonds. The number of aromatic nitrogens is 2. The maximum absolute atomic E-state index is 12.1. The third-order valence-electron chi connectivity index (χ3n) is 2.97. The van der Waals surface area contributed by atoms with E-state index in [-0.39, 0.29) is 11.2 Å². The van der Waals surface area contributed by atoms with Crippen LogP contribution in [0, 0.1) is 5.41 Å². The SMILES string of the molecule is COc1nccnc1C(=O)CCC(C)(C)CCN. The van der Waals surface area contributed by atoms with Crippen molar-refractivity contribution >= 4 is 5.78 Å². The third kappa shape index (κ3) is 4.07. The molecule has 1 rings (SSSR count). The molecule has 5 heteroatoms. The molecule has 0 aromatic carbocycles. The maximum Gasteiger partial charge on any atom is 0.243 e. The number of ether oxygens (including phenoxy) is 1. The van der Waals surface area contributed by atoms with Crippen LogP contribution in [0.5, 0.6) is 5.88 Å². The van der Waals surface area contributed by atoms with Crippen molar-refractivity contribution in [2.24, 2.45) is 11.1 Å². The molecule has 18 heavy (non-hydrogen) atoms. The van der Waals surface area contributed by atoms with E-state index in [0.717, 1.165) is 12.8 Å². The van der Waals surface area contributed by atoms with E-state index in [4.69, 9.17) is 10.5 Å². The molecule has 0 aliphatic rings. The summed E-state index contributed by atoms with van der Waals surface area (Å²) in [5.74, 6) is 0.254. The van der Waals surface area contributed by atoms with Crippen LogP contribution >= 0.6 is 0 Å². The molecule has 1 aromatic heterocycles. The molecule has 1 aromatic rings. The molecule has 0 saturated heterocycles. The number of hydrogen-bond acceptors (Lipinski definition) is 5. The van der Waals surface area contributed by atoms with Crippen LogP contribution in [0.1, 0.15) is 43.6 Å². The fourth-order valence-electron chi connectivity index (χ4n) is 1.75. The van der Waals surface area contributed by atoms with Gasteiger partial charge in [0.05, 0.1) is 7.11 Å². The summed E-state index contributed by atoms with van der Waals surface area (Å²) in [7, 11) is 1.49. The minimum Gasteiger partial charge on any atom is -0.479 e. The molecule has 0 aliphatic carbocycles. The van der Waals surface area contributed by atoms with Crippen molar-refractivity contribution in [2.75, 3.05) is 13.7 Å². The van der Waals surface area contributed by atoms with Gasteiger partial charge in [-0.3, -0.25) is 4.79 Å². The summed E-state index contributed by atoms with van der Waals surface area (Å²) < 4.78 is 5.03. The minimum absolute atomic E-state index is 0.0370. The maximum atomic E-state index is 12.1. The second-order valence-corrected chi connectivity index (χ2v) is 5.04. The molecule has 0 aliphatic heterocycles. The Hall–Kier alpha value is -1.49. The van der Waals surface area contributed by atoms with E-state index in [1.54, 1.807) is 0 Å². The van der Waals surface area contributed by atoms with Gasteiger partial charge in [0, 0.05) is 18.8 Å². The van der Waals surface area contributed by atoms with Gasteiger partial charge in [-0.25, -0.2) is 9.97 Å². The van der Waals surface area contributed by atoms with Crippen molar-refractivity contribution < 1.29 is 9.53 Å². The van der Waals surface area contributed by atoms with Crippen molar-refractivity contribution in [3.8, 4) is 5.88 Å². The Morgan fingerprint density at radius 3 is 2.61 bits per heavy atom. The Bertz CT molecular complexity index is 405. The van der Waals surface area contributed by atoms with Crippen LogP contribution in [0.25, 0.3) is 0 Å². The number of Topliss-reactive ketones (excluding diaryl/α,β-unsaturated/α-hetero) is 1. The quantitative estimate of drug-likeness (QED) is 0.748. The fraction of sp³-hybridized carbons (Fsp3) is 0.615. The zero-order chi connectivity index (χ0) is 13.6. The number of carbonyl (C=O) groups is 1. The third-order valence-corrected chi connectivity index (χ3v) is 2.97. The zero-order valence-corrected chi connectivity index (χ0v) is 11.3. The van der Waals surface area contributed by atoms with Crippen molar-refractivity contribution in [3.63, 3.8) is 0 Å². The molecule has 5 nitrogen and oxygen atoms in total. The van der Waals surface area contributed by atoms with Crippen LogP contribution in [0.4, 0.5) is 0 Å². The van der Waals surface area contributed by atoms with Crippen molar-refractivity contribution in [1.29, 1.82) is 0 Å². The van der Waals surface area contributed by atoms with Crippen LogP contribution in [0.3, 0.4) is 0 Å². The first-order chi connectivity index (χ1) is 8.50. The van der Waals surface area contributed by atoms with E-state index >= 15 is 0 Å². The first kappa shape index (κ1) is 14.6. The largest absolute Gasteiger partial charge is 0.479 e. The first-order valence-corrected chi connectivity index (χ1v) is 6.08. The van der Waals surface area contributed by atoms with Gasteiger partial charge in [0.2, 0.25) is 5.88 Å². The molecule has 2 N–H and O–H groups in total. The monoisotopic (exact) mass is 251 g/mol. The summed E-state index contributed by atoms with van der Waals surface area (Å²) in [6, 6.07) is 0. The Morgan fingerprint density at radius 2 is 2.00 bits per heavy atom. The Kier molecular flexibility index (Phi) is 5.22. The molecule has 0 radical (unpaired) electrons. The number of nitrogens with zero attached hydrogens (tertiary/aromatic N) is 2. The van der Waals surface area contributed by atoms with E-state index in [1.165, 1.54) is 19.5 Å². The molecular formula is C13H21N3O2. The standard InChI is InChI=1S/C13H21N3O2/c1-13(2,6-7-14)5-4-10(17)11-12(18-3)16-9-8-15-11/h8-9H,4-7,14H2,1-3H3. The van der Waals surface area contributed by atoms with Crippen molar-refractivity contribution in [2.45, 2.75) is 33.1 Å². The molecule has 100 valence electrons.